The van der Waals surface area contributed by atoms with E-state index in [1.165, 1.54) is 0 Å². The summed E-state index contributed by atoms with van der Waals surface area (Å²) in [6.45, 7) is 4.72. The van der Waals surface area contributed by atoms with Crippen molar-refractivity contribution in [1.82, 2.24) is 33.7 Å². The molecule has 31 heavy (non-hydrogen) atoms. The maximum absolute atomic E-state index is 13.2. The highest BCUT2D eigenvalue weighted by atomic mass is 16.5. The lowest BCUT2D eigenvalue weighted by atomic mass is 10.0. The van der Waals surface area contributed by atoms with Crippen LogP contribution in [-0.4, -0.2) is 40.8 Å². The Kier molecular flexibility index (Phi) is 4.21. The first-order chi connectivity index (χ1) is 14.9. The van der Waals surface area contributed by atoms with Gasteiger partial charge in [-0.3, -0.25) is 23.5 Å². The molecular formula is C22H23N7O2. The summed E-state index contributed by atoms with van der Waals surface area (Å²) in [6, 6.07) is 3.94. The first kappa shape index (κ1) is 19.1. The highest BCUT2D eigenvalue weighted by Crippen LogP contribution is 2.36. The molecule has 0 spiro atoms. The zero-order valence-corrected chi connectivity index (χ0v) is 18.1. The van der Waals surface area contributed by atoms with Crippen molar-refractivity contribution in [2.75, 3.05) is 7.11 Å². The van der Waals surface area contributed by atoms with Crippen LogP contribution < -0.4 is 10.4 Å². The molecule has 0 atom stereocenters. The van der Waals surface area contributed by atoms with E-state index in [4.69, 9.17) is 4.74 Å². The predicted molar refractivity (Wildman–Crippen MR) is 119 cm³/mol. The Bertz CT molecular complexity index is 1520. The number of methoxy groups -OCH3 is 1. The molecule has 0 aliphatic rings. The number of aryl methyl sites for hydroxylation is 4. The van der Waals surface area contributed by atoms with Gasteiger partial charge < -0.3 is 4.74 Å². The third-order valence-corrected chi connectivity index (χ3v) is 5.70. The van der Waals surface area contributed by atoms with Gasteiger partial charge in [0.2, 0.25) is 0 Å². The van der Waals surface area contributed by atoms with E-state index < -0.39 is 0 Å². The highest BCUT2D eigenvalue weighted by molar-refractivity contribution is 6.05. The molecule has 0 unspecified atom stereocenters. The zero-order chi connectivity index (χ0) is 21.9. The fourth-order valence-electron chi connectivity index (χ4n) is 4.12. The van der Waals surface area contributed by atoms with Crippen LogP contribution in [0.1, 0.15) is 12.6 Å². The van der Waals surface area contributed by atoms with E-state index in [2.05, 4.69) is 15.2 Å². The molecule has 0 N–H and O–H groups in total. The van der Waals surface area contributed by atoms with Crippen LogP contribution in [0, 0.1) is 6.92 Å². The van der Waals surface area contributed by atoms with E-state index in [0.717, 1.165) is 51.0 Å². The van der Waals surface area contributed by atoms with Crippen molar-refractivity contribution in [2.24, 2.45) is 14.1 Å². The molecule has 5 rings (SSSR count). The second-order valence-corrected chi connectivity index (χ2v) is 7.60. The first-order valence-corrected chi connectivity index (χ1v) is 10.0. The molecule has 9 nitrogen and oxygen atoms in total. The molecule has 0 bridgehead atoms. The summed E-state index contributed by atoms with van der Waals surface area (Å²) in [6.07, 6.45) is 7.40. The average molecular weight is 417 g/mol. The number of hydrogen-bond acceptors (Lipinski definition) is 5. The van der Waals surface area contributed by atoms with Crippen LogP contribution in [0.25, 0.3) is 38.8 Å². The van der Waals surface area contributed by atoms with Gasteiger partial charge in [0.15, 0.2) is 0 Å². The van der Waals surface area contributed by atoms with Gasteiger partial charge in [-0.2, -0.15) is 10.2 Å². The van der Waals surface area contributed by atoms with Gasteiger partial charge in [-0.05, 0) is 19.9 Å². The summed E-state index contributed by atoms with van der Waals surface area (Å²) in [5.41, 5.74) is 5.52. The smallest absolute Gasteiger partial charge is 0.333 e. The average Bonchev–Trinajstić information content (AvgIpc) is 3.44. The molecule has 0 aliphatic carbocycles. The van der Waals surface area contributed by atoms with E-state index in [-0.39, 0.29) is 5.69 Å². The number of fused-ring (bicyclic) bond motifs is 3. The fourth-order valence-corrected chi connectivity index (χ4v) is 4.12. The van der Waals surface area contributed by atoms with Crippen molar-refractivity contribution in [2.45, 2.75) is 20.4 Å². The van der Waals surface area contributed by atoms with Gasteiger partial charge in [-0.15, -0.1) is 0 Å². The maximum atomic E-state index is 13.2. The maximum Gasteiger partial charge on any atom is 0.333 e. The van der Waals surface area contributed by atoms with Crippen molar-refractivity contribution in [3.8, 4) is 22.6 Å². The van der Waals surface area contributed by atoms with Gasteiger partial charge in [0.1, 0.15) is 5.75 Å². The molecule has 4 aromatic heterocycles. The summed E-state index contributed by atoms with van der Waals surface area (Å²) in [4.78, 5) is 17.9. The van der Waals surface area contributed by atoms with Crippen molar-refractivity contribution < 1.29 is 4.74 Å². The molecular weight excluding hydrogens is 394 g/mol. The van der Waals surface area contributed by atoms with Crippen LogP contribution in [0.2, 0.25) is 0 Å². The largest absolute Gasteiger partial charge is 0.496 e. The monoisotopic (exact) mass is 417 g/mol. The molecule has 0 amide bonds. The van der Waals surface area contributed by atoms with Crippen LogP contribution in [0.3, 0.4) is 0 Å². The van der Waals surface area contributed by atoms with Crippen molar-refractivity contribution in [3.63, 3.8) is 0 Å². The number of rotatable bonds is 4. The minimum absolute atomic E-state index is 0.142. The van der Waals surface area contributed by atoms with Crippen molar-refractivity contribution in [1.29, 1.82) is 0 Å². The minimum atomic E-state index is -0.142. The first-order valence-electron chi connectivity index (χ1n) is 10.0. The molecule has 158 valence electrons. The highest BCUT2D eigenvalue weighted by Gasteiger charge is 2.20. The lowest BCUT2D eigenvalue weighted by Gasteiger charge is -2.11. The van der Waals surface area contributed by atoms with E-state index >= 15 is 0 Å². The lowest BCUT2D eigenvalue weighted by molar-refractivity contribution is 0.417. The Hall–Kier alpha value is -3.88. The second-order valence-electron chi connectivity index (χ2n) is 7.60. The molecule has 0 fully saturated rings. The van der Waals surface area contributed by atoms with E-state index in [0.29, 0.717) is 5.75 Å². The Morgan fingerprint density at radius 1 is 1.13 bits per heavy atom. The number of hydrogen-bond donors (Lipinski definition) is 0. The summed E-state index contributed by atoms with van der Waals surface area (Å²) in [7, 11) is 5.25. The van der Waals surface area contributed by atoms with Crippen LogP contribution in [0.5, 0.6) is 5.75 Å². The number of aromatic nitrogens is 7. The fraction of sp³-hybridized carbons (Fsp3) is 0.273. The molecule has 0 saturated carbocycles. The summed E-state index contributed by atoms with van der Waals surface area (Å²) in [5, 5.41) is 9.69. The zero-order valence-electron chi connectivity index (χ0n) is 18.1. The molecule has 0 radical (unpaired) electrons. The lowest BCUT2D eigenvalue weighted by Crippen LogP contribution is -2.21. The van der Waals surface area contributed by atoms with Crippen molar-refractivity contribution in [3.05, 3.63) is 53.1 Å². The predicted octanol–water partition coefficient (Wildman–Crippen LogP) is 2.81. The van der Waals surface area contributed by atoms with Gasteiger partial charge in [0.25, 0.3) is 0 Å². The van der Waals surface area contributed by atoms with Gasteiger partial charge >= 0.3 is 5.69 Å². The molecule has 0 saturated heterocycles. The molecule has 4 heterocycles. The normalized spacial score (nSPS) is 11.6. The number of pyridine rings is 1. The number of imidazole rings is 1. The number of ether oxygens (including phenoxy) is 1. The van der Waals surface area contributed by atoms with Crippen molar-refractivity contribution >= 4 is 21.9 Å². The van der Waals surface area contributed by atoms with Crippen LogP contribution in [-0.2, 0) is 20.6 Å². The van der Waals surface area contributed by atoms with Crippen LogP contribution in [0.4, 0.5) is 0 Å². The van der Waals surface area contributed by atoms with Gasteiger partial charge in [-0.25, -0.2) is 4.79 Å². The van der Waals surface area contributed by atoms with E-state index in [1.54, 1.807) is 34.2 Å². The third kappa shape index (κ3) is 2.77. The van der Waals surface area contributed by atoms with E-state index in [9.17, 15) is 4.79 Å². The Morgan fingerprint density at radius 2 is 1.94 bits per heavy atom. The molecule has 9 heteroatoms. The molecule has 5 aromatic rings. The standard InChI is InChI=1S/C22H23N7O2/c1-6-28-11-14(9-24-28)15-7-16-17(8-20(15)31-5)23-10-18-21(16)29(22(30)27(18)4)19-12-26(3)25-13(19)2/h7-12H,6H2,1-5H3. The number of benzene rings is 1. The third-order valence-electron chi connectivity index (χ3n) is 5.70. The summed E-state index contributed by atoms with van der Waals surface area (Å²) >= 11 is 0. The second kappa shape index (κ2) is 6.83. The van der Waals surface area contributed by atoms with Gasteiger partial charge in [0, 0.05) is 55.6 Å². The number of nitrogens with zero attached hydrogens (tertiary/aromatic N) is 7. The van der Waals surface area contributed by atoms with Crippen LogP contribution in [0.15, 0.2) is 41.7 Å². The molecule has 1 aromatic carbocycles. The Balaban J connectivity index is 1.91. The SMILES string of the molecule is CCn1cc(-c2cc3c(cc2OC)ncc2c3n(-c3cn(C)nc3C)c(=O)n2C)cn1. The summed E-state index contributed by atoms with van der Waals surface area (Å²) < 4.78 is 12.6. The van der Waals surface area contributed by atoms with E-state index in [1.807, 2.05) is 56.3 Å². The summed E-state index contributed by atoms with van der Waals surface area (Å²) in [5.74, 6) is 0.706. The molecule has 0 aliphatic heterocycles. The quantitative estimate of drug-likeness (QED) is 0.449. The Morgan fingerprint density at radius 3 is 2.58 bits per heavy atom. The van der Waals surface area contributed by atoms with Gasteiger partial charge in [-0.1, -0.05) is 0 Å². The topological polar surface area (TPSA) is 84.7 Å². The Labute approximate surface area is 178 Å². The van der Waals surface area contributed by atoms with Gasteiger partial charge in [0.05, 0.1) is 47.4 Å². The van der Waals surface area contributed by atoms with Crippen LogP contribution >= 0.6 is 0 Å². The minimum Gasteiger partial charge on any atom is -0.496 e.